The Morgan fingerprint density at radius 3 is 2.46 bits per heavy atom. The third-order valence-corrected chi connectivity index (χ3v) is 8.38. The molecule has 1 aromatic heterocycles. The Morgan fingerprint density at radius 1 is 1.02 bits per heavy atom. The Morgan fingerprint density at radius 2 is 1.80 bits per heavy atom. The first kappa shape index (κ1) is 36.1. The van der Waals surface area contributed by atoms with E-state index in [1.54, 1.807) is 26.2 Å². The first-order valence-electron chi connectivity index (χ1n) is 16.1. The van der Waals surface area contributed by atoms with Gasteiger partial charge in [-0.2, -0.15) is 13.2 Å². The quantitative estimate of drug-likeness (QED) is 0.147. The lowest BCUT2D eigenvalue weighted by atomic mass is 10.0. The number of hydrogen-bond donors (Lipinski definition) is 2. The van der Waals surface area contributed by atoms with E-state index in [1.807, 2.05) is 31.3 Å². The summed E-state index contributed by atoms with van der Waals surface area (Å²) in [4.78, 5) is 32.2. The first-order chi connectivity index (χ1) is 23.9. The molecule has 264 valence electrons. The lowest BCUT2D eigenvalue weighted by molar-refractivity contribution is -0.137. The number of methoxy groups -OCH3 is 1. The van der Waals surface area contributed by atoms with Crippen LogP contribution >= 0.6 is 0 Å². The number of benzene rings is 3. The van der Waals surface area contributed by atoms with Gasteiger partial charge < -0.3 is 29.7 Å². The number of amides is 2. The number of carbonyl (C=O) groups is 2. The number of ether oxygens (including phenoxy) is 3. The van der Waals surface area contributed by atoms with E-state index in [-0.39, 0.29) is 36.0 Å². The second-order valence-electron chi connectivity index (χ2n) is 11.9. The Bertz CT molecular complexity index is 1820. The molecule has 0 spiro atoms. The summed E-state index contributed by atoms with van der Waals surface area (Å²) in [6.07, 6.45) is -1.88. The highest BCUT2D eigenvalue weighted by Crippen LogP contribution is 2.34. The van der Waals surface area contributed by atoms with Gasteiger partial charge in [0.05, 0.1) is 25.7 Å². The van der Waals surface area contributed by atoms with E-state index in [0.29, 0.717) is 29.4 Å². The van der Waals surface area contributed by atoms with Crippen LogP contribution in [0.15, 0.2) is 72.9 Å². The molecular weight excluding hydrogens is 656 g/mol. The van der Waals surface area contributed by atoms with Crippen LogP contribution in [-0.2, 0) is 24.0 Å². The molecule has 4 aromatic rings. The second-order valence-corrected chi connectivity index (χ2v) is 11.9. The van der Waals surface area contributed by atoms with E-state index in [9.17, 15) is 22.8 Å². The van der Waals surface area contributed by atoms with Crippen molar-refractivity contribution in [3.05, 3.63) is 101 Å². The van der Waals surface area contributed by atoms with Crippen LogP contribution in [0, 0.1) is 5.82 Å². The fourth-order valence-electron chi connectivity index (χ4n) is 5.65. The van der Waals surface area contributed by atoms with Gasteiger partial charge >= 0.3 is 6.18 Å². The number of alkyl halides is 3. The maximum absolute atomic E-state index is 15.3. The molecule has 2 N–H and O–H groups in total. The van der Waals surface area contributed by atoms with Crippen LogP contribution in [0.1, 0.15) is 46.8 Å². The molecule has 1 saturated heterocycles. The fourth-order valence-corrected chi connectivity index (χ4v) is 5.65. The number of likely N-dealkylation sites (tertiary alicyclic amines) is 1. The topological polar surface area (TPSA) is 102 Å². The number of halogens is 4. The summed E-state index contributed by atoms with van der Waals surface area (Å²) in [7, 11) is 3.51. The molecule has 5 rings (SSSR count). The minimum absolute atomic E-state index is 0.0160. The number of rotatable bonds is 13. The largest absolute Gasteiger partial charge is 0.497 e. The van der Waals surface area contributed by atoms with Crippen LogP contribution < -0.4 is 24.8 Å². The number of carbonyl (C=O) groups excluding carboxylic acids is 2. The van der Waals surface area contributed by atoms with Crippen LogP contribution in [0.3, 0.4) is 0 Å². The standard InChI is InChI=1S/C37H38F4N4O5/c1-4-49-33-19-35(50-22-23-7-11-30(48-3)12-8-23)42-21-31(33)24-9-10-25(32(38)16-24)17-34(46)44-28-15-26(14-27(18-28)37(39,40)41)36(47)43-20-29-6-5-13-45(29)2/h7-12,14-16,18-19,21,29H,4-6,13,17,20,22H2,1-3H3,(H,43,47)(H,44,46)/t29-/m0/s1. The molecule has 0 radical (unpaired) electrons. The van der Waals surface area contributed by atoms with E-state index in [2.05, 4.69) is 20.5 Å². The number of anilines is 1. The summed E-state index contributed by atoms with van der Waals surface area (Å²) in [5.74, 6) is -0.713. The van der Waals surface area contributed by atoms with Crippen molar-refractivity contribution in [2.24, 2.45) is 0 Å². The van der Waals surface area contributed by atoms with Gasteiger partial charge in [-0.25, -0.2) is 9.37 Å². The Labute approximate surface area is 287 Å². The van der Waals surface area contributed by atoms with Crippen molar-refractivity contribution in [1.29, 1.82) is 0 Å². The molecular formula is C37H38F4N4O5. The van der Waals surface area contributed by atoms with Crippen LogP contribution in [0.2, 0.25) is 0 Å². The Hall–Kier alpha value is -5.17. The molecule has 50 heavy (non-hydrogen) atoms. The maximum Gasteiger partial charge on any atom is 0.416 e. The summed E-state index contributed by atoms with van der Waals surface area (Å²) in [5.41, 5.74) is 0.272. The highest BCUT2D eigenvalue weighted by Gasteiger charge is 2.32. The minimum Gasteiger partial charge on any atom is -0.497 e. The summed E-state index contributed by atoms with van der Waals surface area (Å²) >= 11 is 0. The molecule has 1 atom stereocenters. The highest BCUT2D eigenvalue weighted by atomic mass is 19.4. The molecule has 2 heterocycles. The predicted octanol–water partition coefficient (Wildman–Crippen LogP) is 6.90. The normalized spacial score (nSPS) is 14.7. The van der Waals surface area contributed by atoms with Crippen LogP contribution in [0.25, 0.3) is 11.1 Å². The van der Waals surface area contributed by atoms with Gasteiger partial charge in [-0.15, -0.1) is 0 Å². The van der Waals surface area contributed by atoms with E-state index in [4.69, 9.17) is 14.2 Å². The van der Waals surface area contributed by atoms with Crippen molar-refractivity contribution in [2.75, 3.05) is 39.2 Å². The van der Waals surface area contributed by atoms with Gasteiger partial charge in [0.15, 0.2) is 0 Å². The third kappa shape index (κ3) is 9.29. The number of likely N-dealkylation sites (N-methyl/N-ethyl adjacent to an activating group) is 1. The molecule has 1 aliphatic heterocycles. The fraction of sp³-hybridized carbons (Fsp3) is 0.324. The van der Waals surface area contributed by atoms with Gasteiger partial charge in [-0.05, 0) is 86.4 Å². The van der Waals surface area contributed by atoms with Gasteiger partial charge in [0.25, 0.3) is 5.91 Å². The van der Waals surface area contributed by atoms with Crippen molar-refractivity contribution in [2.45, 2.75) is 45.0 Å². The summed E-state index contributed by atoms with van der Waals surface area (Å²) in [6.45, 7) is 3.55. The Kier molecular flexibility index (Phi) is 11.6. The molecule has 9 nitrogen and oxygen atoms in total. The van der Waals surface area contributed by atoms with Crippen molar-refractivity contribution in [3.8, 4) is 28.5 Å². The van der Waals surface area contributed by atoms with Crippen LogP contribution in [0.5, 0.6) is 17.4 Å². The van der Waals surface area contributed by atoms with Gasteiger partial charge in [0.2, 0.25) is 11.8 Å². The molecule has 1 fully saturated rings. The number of aromatic nitrogens is 1. The van der Waals surface area contributed by atoms with Crippen molar-refractivity contribution in [1.82, 2.24) is 15.2 Å². The summed E-state index contributed by atoms with van der Waals surface area (Å²) in [5, 5.41) is 5.09. The van der Waals surface area contributed by atoms with Crippen molar-refractivity contribution in [3.63, 3.8) is 0 Å². The lowest BCUT2D eigenvalue weighted by Crippen LogP contribution is -2.38. The number of nitrogens with zero attached hydrogens (tertiary/aromatic N) is 2. The van der Waals surface area contributed by atoms with E-state index in [1.165, 1.54) is 24.4 Å². The smallest absolute Gasteiger partial charge is 0.416 e. The van der Waals surface area contributed by atoms with Crippen molar-refractivity contribution < 1.29 is 41.4 Å². The molecule has 13 heteroatoms. The maximum atomic E-state index is 15.3. The van der Waals surface area contributed by atoms with Crippen LogP contribution in [0.4, 0.5) is 23.2 Å². The van der Waals surface area contributed by atoms with Crippen molar-refractivity contribution >= 4 is 17.5 Å². The molecule has 0 unspecified atom stereocenters. The SMILES string of the molecule is CCOc1cc(OCc2ccc(OC)cc2)ncc1-c1ccc(CC(=O)Nc2cc(C(=O)NC[C@@H]3CCCN3C)cc(C(F)(F)F)c2)c(F)c1. The van der Waals surface area contributed by atoms with E-state index < -0.39 is 35.8 Å². The predicted molar refractivity (Wildman–Crippen MR) is 180 cm³/mol. The monoisotopic (exact) mass is 694 g/mol. The number of pyridine rings is 1. The van der Waals surface area contributed by atoms with Gasteiger partial charge in [-0.1, -0.05) is 24.3 Å². The zero-order chi connectivity index (χ0) is 35.8. The molecule has 0 saturated carbocycles. The Balaban J connectivity index is 1.26. The van der Waals surface area contributed by atoms with Crippen LogP contribution in [-0.4, -0.2) is 61.6 Å². The average molecular weight is 695 g/mol. The zero-order valence-corrected chi connectivity index (χ0v) is 27.9. The first-order valence-corrected chi connectivity index (χ1v) is 16.1. The summed E-state index contributed by atoms with van der Waals surface area (Å²) in [6, 6.07) is 16.0. The van der Waals surface area contributed by atoms with E-state index >= 15 is 4.39 Å². The second kappa shape index (κ2) is 16.0. The highest BCUT2D eigenvalue weighted by molar-refractivity contribution is 5.98. The minimum atomic E-state index is -4.76. The number of hydrogen-bond acceptors (Lipinski definition) is 7. The van der Waals surface area contributed by atoms with E-state index in [0.717, 1.165) is 42.8 Å². The molecule has 1 aliphatic rings. The molecule has 0 aliphatic carbocycles. The average Bonchev–Trinajstić information content (AvgIpc) is 3.51. The van der Waals surface area contributed by atoms with Gasteiger partial charge in [0, 0.05) is 41.7 Å². The third-order valence-electron chi connectivity index (χ3n) is 8.38. The van der Waals surface area contributed by atoms with Gasteiger partial charge in [0.1, 0.15) is 23.9 Å². The summed E-state index contributed by atoms with van der Waals surface area (Å²) < 4.78 is 73.3. The molecule has 0 bridgehead atoms. The molecule has 3 aromatic carbocycles. The number of nitrogens with one attached hydrogen (secondary N) is 2. The zero-order valence-electron chi connectivity index (χ0n) is 27.9. The lowest BCUT2D eigenvalue weighted by Gasteiger charge is -2.20. The molecule has 2 amide bonds. The van der Waals surface area contributed by atoms with Gasteiger partial charge in [-0.3, -0.25) is 9.59 Å².